The quantitative estimate of drug-likeness (QED) is 0.763. The fraction of sp³-hybridized carbons (Fsp3) is 0.625. The molecule has 0 aromatic heterocycles. The molecule has 1 aliphatic heterocycles. The molecular formula is C16H23ClO2. The molecule has 0 amide bonds. The van der Waals surface area contributed by atoms with Crippen molar-refractivity contribution in [3.63, 3.8) is 0 Å². The number of aryl methyl sites for hydroxylation is 2. The molecule has 2 nitrogen and oxygen atoms in total. The van der Waals surface area contributed by atoms with Crippen LogP contribution in [0.1, 0.15) is 43.4 Å². The molecule has 106 valence electrons. The molecule has 1 aromatic rings. The van der Waals surface area contributed by atoms with Gasteiger partial charge in [0, 0.05) is 5.88 Å². The summed E-state index contributed by atoms with van der Waals surface area (Å²) in [7, 11) is 0. The van der Waals surface area contributed by atoms with Crippen LogP contribution in [0.3, 0.4) is 0 Å². The van der Waals surface area contributed by atoms with Crippen LogP contribution in [0, 0.1) is 13.8 Å². The first-order valence-corrected chi connectivity index (χ1v) is 7.41. The van der Waals surface area contributed by atoms with Crippen molar-refractivity contribution in [1.82, 2.24) is 0 Å². The Kier molecular flexibility index (Phi) is 4.42. The van der Waals surface area contributed by atoms with Gasteiger partial charge in [0.2, 0.25) is 0 Å². The van der Waals surface area contributed by atoms with Crippen LogP contribution >= 0.6 is 11.6 Å². The average Bonchev–Trinajstić information content (AvgIpc) is 2.67. The van der Waals surface area contributed by atoms with Crippen LogP contribution in [0.15, 0.2) is 12.1 Å². The number of alkyl halides is 1. The van der Waals surface area contributed by atoms with Crippen molar-refractivity contribution in [2.24, 2.45) is 0 Å². The number of benzene rings is 1. The molecule has 3 heteroatoms. The van der Waals surface area contributed by atoms with E-state index in [9.17, 15) is 0 Å². The van der Waals surface area contributed by atoms with Crippen molar-refractivity contribution in [1.29, 1.82) is 0 Å². The van der Waals surface area contributed by atoms with Gasteiger partial charge in [0.05, 0.1) is 11.7 Å². The van der Waals surface area contributed by atoms with Crippen LogP contribution in [0.4, 0.5) is 0 Å². The Hall–Kier alpha value is -0.730. The summed E-state index contributed by atoms with van der Waals surface area (Å²) in [6.07, 6.45) is 2.39. The molecule has 19 heavy (non-hydrogen) atoms. The first-order valence-electron chi connectivity index (χ1n) is 6.88. The Morgan fingerprint density at radius 1 is 1.32 bits per heavy atom. The molecule has 0 N–H and O–H groups in total. The molecule has 0 aliphatic carbocycles. The standard InChI is InChI=1S/C16H23ClO2/c1-11-7-13(9-17)8-12(2)15(11)18-10-14-5-6-16(3,4)19-14/h7-8,14H,5-6,9-10H2,1-4H3. The van der Waals surface area contributed by atoms with Gasteiger partial charge in [-0.15, -0.1) is 11.6 Å². The molecule has 0 radical (unpaired) electrons. The minimum absolute atomic E-state index is 0.000593. The first-order chi connectivity index (χ1) is 8.91. The van der Waals surface area contributed by atoms with Crippen molar-refractivity contribution >= 4 is 11.6 Å². The molecule has 1 aliphatic rings. The van der Waals surface area contributed by atoms with Gasteiger partial charge >= 0.3 is 0 Å². The molecular weight excluding hydrogens is 260 g/mol. The summed E-state index contributed by atoms with van der Waals surface area (Å²) in [6, 6.07) is 4.18. The van der Waals surface area contributed by atoms with Crippen LogP contribution in [0.2, 0.25) is 0 Å². The molecule has 1 saturated heterocycles. The summed E-state index contributed by atoms with van der Waals surface area (Å²) in [4.78, 5) is 0. The summed E-state index contributed by atoms with van der Waals surface area (Å²) >= 11 is 5.87. The Balaban J connectivity index is 2.00. The van der Waals surface area contributed by atoms with E-state index < -0.39 is 0 Å². The number of hydrogen-bond donors (Lipinski definition) is 0. The molecule has 1 aromatic carbocycles. The van der Waals surface area contributed by atoms with E-state index in [-0.39, 0.29) is 11.7 Å². The molecule has 1 unspecified atom stereocenters. The third-order valence-corrected chi connectivity index (χ3v) is 3.95. The Morgan fingerprint density at radius 2 is 1.95 bits per heavy atom. The summed E-state index contributed by atoms with van der Waals surface area (Å²) in [6.45, 7) is 9.04. The van der Waals surface area contributed by atoms with E-state index in [0.717, 1.165) is 35.3 Å². The number of ether oxygens (including phenoxy) is 2. The lowest BCUT2D eigenvalue weighted by Gasteiger charge is -2.20. The number of halogens is 1. The maximum Gasteiger partial charge on any atom is 0.125 e. The van der Waals surface area contributed by atoms with Crippen molar-refractivity contribution < 1.29 is 9.47 Å². The molecule has 0 bridgehead atoms. The van der Waals surface area contributed by atoms with E-state index in [0.29, 0.717) is 12.5 Å². The normalized spacial score (nSPS) is 21.6. The van der Waals surface area contributed by atoms with Gasteiger partial charge in [-0.1, -0.05) is 12.1 Å². The van der Waals surface area contributed by atoms with Gasteiger partial charge < -0.3 is 9.47 Å². The van der Waals surface area contributed by atoms with E-state index in [1.807, 2.05) is 0 Å². The largest absolute Gasteiger partial charge is 0.490 e. The molecule has 0 spiro atoms. The maximum atomic E-state index is 5.98. The smallest absolute Gasteiger partial charge is 0.125 e. The zero-order valence-corrected chi connectivity index (χ0v) is 13.0. The number of rotatable bonds is 4. The van der Waals surface area contributed by atoms with Gasteiger partial charge in [-0.2, -0.15) is 0 Å². The monoisotopic (exact) mass is 282 g/mol. The fourth-order valence-electron chi connectivity index (χ4n) is 2.72. The predicted molar refractivity (Wildman–Crippen MR) is 79.2 cm³/mol. The van der Waals surface area contributed by atoms with Crippen LogP contribution in [0.25, 0.3) is 0 Å². The highest BCUT2D eigenvalue weighted by Gasteiger charge is 2.32. The zero-order valence-electron chi connectivity index (χ0n) is 12.3. The lowest BCUT2D eigenvalue weighted by Crippen LogP contribution is -2.24. The van der Waals surface area contributed by atoms with Gasteiger partial charge in [0.1, 0.15) is 12.4 Å². The third-order valence-electron chi connectivity index (χ3n) is 3.64. The van der Waals surface area contributed by atoms with Crippen molar-refractivity contribution in [3.05, 3.63) is 28.8 Å². The van der Waals surface area contributed by atoms with E-state index in [4.69, 9.17) is 21.1 Å². The average molecular weight is 283 g/mol. The van der Waals surface area contributed by atoms with Gasteiger partial charge in [0.15, 0.2) is 0 Å². The Labute approximate surface area is 121 Å². The van der Waals surface area contributed by atoms with Gasteiger partial charge in [-0.25, -0.2) is 0 Å². The van der Waals surface area contributed by atoms with Crippen molar-refractivity contribution in [2.45, 2.75) is 58.1 Å². The summed E-state index contributed by atoms with van der Waals surface area (Å²) in [5, 5.41) is 0. The van der Waals surface area contributed by atoms with E-state index in [1.54, 1.807) is 0 Å². The maximum absolute atomic E-state index is 5.98. The second-order valence-electron chi connectivity index (χ2n) is 6.04. The van der Waals surface area contributed by atoms with Crippen LogP contribution < -0.4 is 4.74 Å². The second kappa shape index (κ2) is 5.72. The lowest BCUT2D eigenvalue weighted by atomic mass is 10.1. The minimum Gasteiger partial charge on any atom is -0.490 e. The molecule has 1 atom stereocenters. The number of hydrogen-bond acceptors (Lipinski definition) is 2. The Bertz CT molecular complexity index is 431. The van der Waals surface area contributed by atoms with Crippen LogP contribution in [-0.4, -0.2) is 18.3 Å². The molecule has 1 fully saturated rings. The minimum atomic E-state index is 0.000593. The molecule has 1 heterocycles. The SMILES string of the molecule is Cc1cc(CCl)cc(C)c1OCC1CCC(C)(C)O1. The Morgan fingerprint density at radius 3 is 2.42 bits per heavy atom. The van der Waals surface area contributed by atoms with E-state index >= 15 is 0 Å². The fourth-order valence-corrected chi connectivity index (χ4v) is 2.87. The van der Waals surface area contributed by atoms with Gasteiger partial charge in [0.25, 0.3) is 0 Å². The van der Waals surface area contributed by atoms with Crippen LogP contribution in [-0.2, 0) is 10.6 Å². The van der Waals surface area contributed by atoms with E-state index in [1.165, 1.54) is 0 Å². The second-order valence-corrected chi connectivity index (χ2v) is 6.31. The predicted octanol–water partition coefficient (Wildman–Crippen LogP) is 4.38. The first kappa shape index (κ1) is 14.7. The van der Waals surface area contributed by atoms with Gasteiger partial charge in [-0.05, 0) is 57.2 Å². The van der Waals surface area contributed by atoms with Gasteiger partial charge in [-0.3, -0.25) is 0 Å². The summed E-state index contributed by atoms with van der Waals surface area (Å²) in [5.41, 5.74) is 3.43. The third kappa shape index (κ3) is 3.64. The van der Waals surface area contributed by atoms with Crippen molar-refractivity contribution in [2.75, 3.05) is 6.61 Å². The van der Waals surface area contributed by atoms with E-state index in [2.05, 4.69) is 39.8 Å². The highest BCUT2D eigenvalue weighted by atomic mass is 35.5. The molecule has 0 saturated carbocycles. The van der Waals surface area contributed by atoms with Crippen molar-refractivity contribution in [3.8, 4) is 5.75 Å². The highest BCUT2D eigenvalue weighted by Crippen LogP contribution is 2.31. The summed E-state index contributed by atoms with van der Waals surface area (Å²) in [5.74, 6) is 1.52. The summed E-state index contributed by atoms with van der Waals surface area (Å²) < 4.78 is 11.9. The topological polar surface area (TPSA) is 18.5 Å². The zero-order chi connectivity index (χ0) is 14.0. The molecule has 2 rings (SSSR count). The lowest BCUT2D eigenvalue weighted by molar-refractivity contribution is -0.0328. The van der Waals surface area contributed by atoms with Crippen LogP contribution in [0.5, 0.6) is 5.75 Å². The highest BCUT2D eigenvalue weighted by molar-refractivity contribution is 6.17.